The fourth-order valence-corrected chi connectivity index (χ4v) is 3.74. The molecule has 1 fully saturated rings. The molecule has 1 aliphatic heterocycles. The highest BCUT2D eigenvalue weighted by atomic mass is 32.2. The van der Waals surface area contributed by atoms with Gasteiger partial charge in [0.2, 0.25) is 21.8 Å². The van der Waals surface area contributed by atoms with Crippen LogP contribution in [0.4, 0.5) is 5.69 Å². The molecule has 10 heteroatoms. The summed E-state index contributed by atoms with van der Waals surface area (Å²) in [7, 11) is -1.65. The van der Waals surface area contributed by atoms with Crippen LogP contribution in [0.25, 0.3) is 0 Å². The molecular weight excluding hydrogens is 384 g/mol. The summed E-state index contributed by atoms with van der Waals surface area (Å²) in [6, 6.07) is 7.01. The second-order valence-electron chi connectivity index (χ2n) is 6.62. The van der Waals surface area contributed by atoms with Gasteiger partial charge in [-0.1, -0.05) is 6.92 Å². The van der Waals surface area contributed by atoms with E-state index >= 15 is 0 Å². The number of amides is 2. The van der Waals surface area contributed by atoms with Crippen molar-refractivity contribution in [3.63, 3.8) is 0 Å². The van der Waals surface area contributed by atoms with Crippen LogP contribution in [0.3, 0.4) is 0 Å². The molecule has 1 saturated heterocycles. The van der Waals surface area contributed by atoms with Crippen LogP contribution in [-0.2, 0) is 19.6 Å². The lowest BCUT2D eigenvalue weighted by molar-refractivity contribution is -0.133. The number of carbonyl (C=O) groups excluding carboxylic acids is 2. The van der Waals surface area contributed by atoms with Gasteiger partial charge in [0.25, 0.3) is 0 Å². The van der Waals surface area contributed by atoms with Crippen molar-refractivity contribution in [2.24, 2.45) is 0 Å². The number of hydrogen-bond acceptors (Lipinski definition) is 6. The Kier molecular flexibility index (Phi) is 7.78. The summed E-state index contributed by atoms with van der Waals surface area (Å²) in [6.07, 6.45) is 1.17. The summed E-state index contributed by atoms with van der Waals surface area (Å²) in [5.41, 5.74) is 0.657. The first-order valence-corrected chi connectivity index (χ1v) is 11.0. The monoisotopic (exact) mass is 412 g/mol. The van der Waals surface area contributed by atoms with Crippen LogP contribution in [0.5, 0.6) is 5.75 Å². The Morgan fingerprint density at radius 2 is 1.71 bits per heavy atom. The molecule has 1 heterocycles. The topological polar surface area (TPSA) is 99.3 Å². The quantitative estimate of drug-likeness (QED) is 0.648. The summed E-state index contributed by atoms with van der Waals surface area (Å²) < 4.78 is 29.6. The Labute approximate surface area is 166 Å². The van der Waals surface area contributed by atoms with Crippen molar-refractivity contribution < 1.29 is 22.7 Å². The molecule has 2 amide bonds. The number of hydrogen-bond donors (Lipinski definition) is 1. The Balaban J connectivity index is 1.82. The number of anilines is 1. The molecule has 0 saturated carbocycles. The zero-order valence-corrected chi connectivity index (χ0v) is 17.4. The van der Waals surface area contributed by atoms with E-state index in [4.69, 9.17) is 4.74 Å². The molecule has 9 nitrogen and oxygen atoms in total. The number of benzene rings is 1. The van der Waals surface area contributed by atoms with Gasteiger partial charge in [0, 0.05) is 31.9 Å². The summed E-state index contributed by atoms with van der Waals surface area (Å²) in [5.74, 6) is 0.392. The molecule has 2 rings (SSSR count). The van der Waals surface area contributed by atoms with Crippen molar-refractivity contribution in [1.29, 1.82) is 0 Å². The fourth-order valence-electron chi connectivity index (χ4n) is 2.92. The van der Waals surface area contributed by atoms with E-state index in [0.29, 0.717) is 44.2 Å². The number of nitrogens with zero attached hydrogens (tertiary/aromatic N) is 3. The van der Waals surface area contributed by atoms with Crippen LogP contribution in [0.1, 0.15) is 6.92 Å². The van der Waals surface area contributed by atoms with Crippen LogP contribution in [0.15, 0.2) is 24.3 Å². The lowest BCUT2D eigenvalue weighted by atomic mass is 10.3. The summed E-state index contributed by atoms with van der Waals surface area (Å²) in [4.78, 5) is 28.2. The second-order valence-corrected chi connectivity index (χ2v) is 8.61. The first-order valence-electron chi connectivity index (χ1n) is 9.12. The zero-order valence-electron chi connectivity index (χ0n) is 16.6. The average Bonchev–Trinajstić information content (AvgIpc) is 2.67. The van der Waals surface area contributed by atoms with Gasteiger partial charge in [-0.25, -0.2) is 8.42 Å². The maximum absolute atomic E-state index is 12.5. The van der Waals surface area contributed by atoms with E-state index in [2.05, 4.69) is 5.32 Å². The van der Waals surface area contributed by atoms with Gasteiger partial charge in [-0.2, -0.15) is 4.31 Å². The number of carbonyl (C=O) groups is 2. The first kappa shape index (κ1) is 22.1. The minimum Gasteiger partial charge on any atom is -0.497 e. The lowest BCUT2D eigenvalue weighted by Gasteiger charge is -2.34. The molecule has 28 heavy (non-hydrogen) atoms. The minimum atomic E-state index is -3.23. The molecule has 0 atom stereocenters. The predicted molar refractivity (Wildman–Crippen MR) is 107 cm³/mol. The molecule has 0 unspecified atom stereocenters. The van der Waals surface area contributed by atoms with E-state index in [1.807, 2.05) is 6.92 Å². The van der Waals surface area contributed by atoms with Gasteiger partial charge < -0.3 is 15.0 Å². The molecule has 1 aromatic rings. The normalized spacial score (nSPS) is 15.5. The third-order valence-corrected chi connectivity index (χ3v) is 5.91. The van der Waals surface area contributed by atoms with Gasteiger partial charge >= 0.3 is 0 Å². The van der Waals surface area contributed by atoms with Crippen molar-refractivity contribution in [1.82, 2.24) is 14.1 Å². The lowest BCUT2D eigenvalue weighted by Crippen LogP contribution is -2.52. The van der Waals surface area contributed by atoms with Crippen molar-refractivity contribution >= 4 is 27.5 Å². The Morgan fingerprint density at radius 1 is 1.11 bits per heavy atom. The Bertz CT molecular complexity index is 774. The molecule has 1 aliphatic rings. The highest BCUT2D eigenvalue weighted by molar-refractivity contribution is 7.88. The van der Waals surface area contributed by atoms with Crippen molar-refractivity contribution in [2.75, 3.05) is 64.5 Å². The van der Waals surface area contributed by atoms with Crippen LogP contribution >= 0.6 is 0 Å². The van der Waals surface area contributed by atoms with Gasteiger partial charge in [0.1, 0.15) is 5.75 Å². The van der Waals surface area contributed by atoms with E-state index in [-0.39, 0.29) is 24.9 Å². The summed E-state index contributed by atoms with van der Waals surface area (Å²) >= 11 is 0. The standard InChI is InChI=1S/C18H28N4O5S/c1-4-20(13-17(23)19-15-5-7-16(27-2)8-6-15)14-18(24)21-9-11-22(12-10-21)28(3,25)26/h5-8H,4,9-14H2,1-3H3,(H,19,23). The number of nitrogens with one attached hydrogen (secondary N) is 1. The first-order chi connectivity index (χ1) is 13.2. The van der Waals surface area contributed by atoms with E-state index in [1.165, 1.54) is 10.6 Å². The van der Waals surface area contributed by atoms with Gasteiger partial charge in [-0.3, -0.25) is 14.5 Å². The number of ether oxygens (including phenoxy) is 1. The maximum atomic E-state index is 12.5. The SMILES string of the molecule is CCN(CC(=O)Nc1ccc(OC)cc1)CC(=O)N1CCN(S(C)(=O)=O)CC1. The van der Waals surface area contributed by atoms with E-state index in [0.717, 1.165) is 0 Å². The Hall–Kier alpha value is -2.17. The van der Waals surface area contributed by atoms with Crippen molar-refractivity contribution in [3.8, 4) is 5.75 Å². The molecule has 0 aromatic heterocycles. The van der Waals surface area contributed by atoms with Crippen LogP contribution in [0.2, 0.25) is 0 Å². The molecular formula is C18H28N4O5S. The molecule has 156 valence electrons. The third-order valence-electron chi connectivity index (χ3n) is 4.61. The van der Waals surface area contributed by atoms with Gasteiger partial charge in [-0.05, 0) is 30.8 Å². The summed E-state index contributed by atoms with van der Waals surface area (Å²) in [6.45, 7) is 3.97. The highest BCUT2D eigenvalue weighted by Crippen LogP contribution is 2.15. The highest BCUT2D eigenvalue weighted by Gasteiger charge is 2.26. The van der Waals surface area contributed by atoms with Gasteiger partial charge in [-0.15, -0.1) is 0 Å². The zero-order chi connectivity index (χ0) is 20.7. The minimum absolute atomic E-state index is 0.0948. The maximum Gasteiger partial charge on any atom is 0.238 e. The smallest absolute Gasteiger partial charge is 0.238 e. The van der Waals surface area contributed by atoms with E-state index in [1.54, 1.807) is 41.2 Å². The Morgan fingerprint density at radius 3 is 2.21 bits per heavy atom. The van der Waals surface area contributed by atoms with Gasteiger partial charge in [0.15, 0.2) is 0 Å². The molecule has 0 bridgehead atoms. The number of methoxy groups -OCH3 is 1. The van der Waals surface area contributed by atoms with Crippen molar-refractivity contribution in [3.05, 3.63) is 24.3 Å². The third kappa shape index (κ3) is 6.47. The molecule has 0 aliphatic carbocycles. The average molecular weight is 413 g/mol. The predicted octanol–water partition coefficient (Wildman–Crippen LogP) is 0.0594. The van der Waals surface area contributed by atoms with Crippen LogP contribution in [-0.4, -0.2) is 93.5 Å². The van der Waals surface area contributed by atoms with E-state index in [9.17, 15) is 18.0 Å². The molecule has 1 aromatic carbocycles. The molecule has 0 spiro atoms. The van der Waals surface area contributed by atoms with Crippen LogP contribution in [0, 0.1) is 0 Å². The van der Waals surface area contributed by atoms with Gasteiger partial charge in [0.05, 0.1) is 26.5 Å². The van der Waals surface area contributed by atoms with Crippen LogP contribution < -0.4 is 10.1 Å². The molecule has 0 radical (unpaired) electrons. The van der Waals surface area contributed by atoms with Crippen molar-refractivity contribution in [2.45, 2.75) is 6.92 Å². The number of rotatable bonds is 8. The molecule has 1 N–H and O–H groups in total. The number of piperazine rings is 1. The summed E-state index contributed by atoms with van der Waals surface area (Å²) in [5, 5.41) is 2.80. The second kappa shape index (κ2) is 9.85. The number of sulfonamides is 1. The largest absolute Gasteiger partial charge is 0.497 e. The number of likely N-dealkylation sites (N-methyl/N-ethyl adjacent to an activating group) is 1. The van der Waals surface area contributed by atoms with E-state index < -0.39 is 10.0 Å². The fraction of sp³-hybridized carbons (Fsp3) is 0.556.